The van der Waals surface area contributed by atoms with Gasteiger partial charge in [0.05, 0.1) is 19.3 Å². The van der Waals surface area contributed by atoms with Crippen molar-refractivity contribution in [2.24, 2.45) is 0 Å². The molecule has 3 atom stereocenters. The van der Waals surface area contributed by atoms with E-state index in [1.165, 1.54) is 0 Å². The summed E-state index contributed by atoms with van der Waals surface area (Å²) in [5.74, 6) is 0. The summed E-state index contributed by atoms with van der Waals surface area (Å²) in [7, 11) is 3.49. The van der Waals surface area contributed by atoms with Gasteiger partial charge in [0.2, 0.25) is 0 Å². The zero-order valence-corrected chi connectivity index (χ0v) is 10.9. The second kappa shape index (κ2) is 3.74. The Bertz CT molecular complexity index is 398. The number of urea groups is 2. The maximum absolute atomic E-state index is 12.3. The molecule has 0 bridgehead atoms. The van der Waals surface area contributed by atoms with E-state index in [1.807, 2.05) is 6.92 Å². The van der Waals surface area contributed by atoms with Crippen molar-refractivity contribution < 1.29 is 14.3 Å². The Hall–Kier alpha value is -1.50. The molecule has 0 radical (unpaired) electrons. The minimum Gasteiger partial charge on any atom is -0.371 e. The lowest BCUT2D eigenvalue weighted by molar-refractivity contribution is 0.138. The number of likely N-dealkylation sites (N-methyl/N-ethyl adjacent to an activating group) is 3. The number of amides is 4. The highest BCUT2D eigenvalue weighted by atomic mass is 16.6. The van der Waals surface area contributed by atoms with E-state index in [9.17, 15) is 9.59 Å². The van der Waals surface area contributed by atoms with E-state index in [-0.39, 0.29) is 30.5 Å². The van der Waals surface area contributed by atoms with Crippen LogP contribution in [-0.2, 0) is 4.74 Å². The molecule has 0 aromatic heterocycles. The van der Waals surface area contributed by atoms with Crippen molar-refractivity contribution in [2.75, 3.05) is 33.8 Å². The van der Waals surface area contributed by atoms with Gasteiger partial charge >= 0.3 is 12.1 Å². The van der Waals surface area contributed by atoms with Crippen molar-refractivity contribution in [1.82, 2.24) is 19.6 Å². The van der Waals surface area contributed by atoms with E-state index >= 15 is 0 Å². The molecule has 4 amide bonds. The van der Waals surface area contributed by atoms with Gasteiger partial charge in [-0.05, 0) is 6.92 Å². The lowest BCUT2D eigenvalue weighted by Gasteiger charge is -2.26. The highest BCUT2D eigenvalue weighted by Crippen LogP contribution is 2.33. The normalized spacial score (nSPS) is 34.7. The molecule has 100 valence electrons. The highest BCUT2D eigenvalue weighted by Gasteiger charge is 2.57. The summed E-state index contributed by atoms with van der Waals surface area (Å²) in [5, 5.41) is 0. The minimum absolute atomic E-state index is 0.00537. The molecule has 0 aromatic carbocycles. The fraction of sp³-hybridized carbons (Fsp3) is 0.818. The molecule has 3 aliphatic rings. The van der Waals surface area contributed by atoms with Crippen LogP contribution in [0.25, 0.3) is 0 Å². The van der Waals surface area contributed by atoms with Crippen LogP contribution >= 0.6 is 0 Å². The second-order valence-electron chi connectivity index (χ2n) is 5.01. The Balaban J connectivity index is 1.91. The van der Waals surface area contributed by atoms with Crippen LogP contribution in [0.5, 0.6) is 0 Å². The average Bonchev–Trinajstić information content (AvgIpc) is 3.09. The van der Waals surface area contributed by atoms with Gasteiger partial charge in [-0.15, -0.1) is 0 Å². The predicted octanol–water partition coefficient (Wildman–Crippen LogP) is -0.208. The first-order chi connectivity index (χ1) is 8.56. The monoisotopic (exact) mass is 254 g/mol. The van der Waals surface area contributed by atoms with Crippen molar-refractivity contribution in [2.45, 2.75) is 25.4 Å². The van der Waals surface area contributed by atoms with Crippen LogP contribution in [-0.4, -0.2) is 83.9 Å². The van der Waals surface area contributed by atoms with E-state index in [0.717, 1.165) is 0 Å². The molecule has 3 rings (SSSR count). The minimum atomic E-state index is -0.195. The van der Waals surface area contributed by atoms with Crippen LogP contribution < -0.4 is 0 Å². The summed E-state index contributed by atoms with van der Waals surface area (Å²) in [5.41, 5.74) is 0. The largest absolute Gasteiger partial charge is 0.371 e. The SMILES string of the molecule is CCN1C(=O)N(C[C@@H]2CO2)[C@@H]2[C@@H]1N(C)C(=O)N2C. The van der Waals surface area contributed by atoms with Gasteiger partial charge < -0.3 is 19.4 Å². The third kappa shape index (κ3) is 1.40. The van der Waals surface area contributed by atoms with Crippen molar-refractivity contribution in [3.63, 3.8) is 0 Å². The zero-order valence-electron chi connectivity index (χ0n) is 10.9. The lowest BCUT2D eigenvalue weighted by Crippen LogP contribution is -2.46. The summed E-state index contributed by atoms with van der Waals surface area (Å²) in [6, 6.07) is -0.0492. The fourth-order valence-corrected chi connectivity index (χ4v) is 2.91. The molecule has 0 saturated carbocycles. The number of rotatable bonds is 3. The van der Waals surface area contributed by atoms with Crippen LogP contribution in [0.15, 0.2) is 0 Å². The van der Waals surface area contributed by atoms with Crippen molar-refractivity contribution >= 4 is 12.1 Å². The van der Waals surface area contributed by atoms with Crippen LogP contribution in [0.1, 0.15) is 6.92 Å². The first kappa shape index (κ1) is 11.6. The van der Waals surface area contributed by atoms with Gasteiger partial charge in [-0.3, -0.25) is 4.90 Å². The smallest absolute Gasteiger partial charge is 0.323 e. The van der Waals surface area contributed by atoms with Gasteiger partial charge in [0.15, 0.2) is 0 Å². The first-order valence-electron chi connectivity index (χ1n) is 6.24. The van der Waals surface area contributed by atoms with Crippen LogP contribution in [0.3, 0.4) is 0 Å². The number of nitrogens with zero attached hydrogens (tertiary/aromatic N) is 4. The summed E-state index contributed by atoms with van der Waals surface area (Å²) in [4.78, 5) is 31.1. The topological polar surface area (TPSA) is 59.6 Å². The number of carbonyl (C=O) groups excluding carboxylic acids is 2. The van der Waals surface area contributed by atoms with Gasteiger partial charge in [-0.25, -0.2) is 9.59 Å². The summed E-state index contributed by atoms with van der Waals surface area (Å²) < 4.78 is 5.20. The number of epoxide rings is 1. The third-order valence-corrected chi connectivity index (χ3v) is 3.94. The molecule has 3 fully saturated rings. The van der Waals surface area contributed by atoms with Gasteiger partial charge in [-0.2, -0.15) is 0 Å². The molecule has 18 heavy (non-hydrogen) atoms. The Morgan fingerprint density at radius 1 is 1.11 bits per heavy atom. The summed E-state index contributed by atoms with van der Waals surface area (Å²) >= 11 is 0. The van der Waals surface area contributed by atoms with E-state index in [2.05, 4.69) is 0 Å². The quantitative estimate of drug-likeness (QED) is 0.655. The Morgan fingerprint density at radius 2 is 1.67 bits per heavy atom. The maximum atomic E-state index is 12.3. The van der Waals surface area contributed by atoms with Gasteiger partial charge in [0.1, 0.15) is 12.3 Å². The standard InChI is InChI=1S/C11H18N4O3/c1-4-14-8-9(13(3)10(16)12(8)2)15(11(14)17)5-7-6-18-7/h7-9H,4-6H2,1-3H3/t7-,8-,9-/m1/s1. The number of fused-ring (bicyclic) bond motifs is 1. The zero-order chi connectivity index (χ0) is 13.0. The molecule has 0 aromatic rings. The molecule has 0 unspecified atom stereocenters. The Morgan fingerprint density at radius 3 is 2.17 bits per heavy atom. The molecule has 7 nitrogen and oxygen atoms in total. The number of carbonyl (C=O) groups is 2. The van der Waals surface area contributed by atoms with E-state index in [1.54, 1.807) is 33.7 Å². The number of ether oxygens (including phenoxy) is 1. The molecule has 3 saturated heterocycles. The number of hydrogen-bond donors (Lipinski definition) is 0. The number of hydrogen-bond acceptors (Lipinski definition) is 3. The first-order valence-corrected chi connectivity index (χ1v) is 6.24. The van der Waals surface area contributed by atoms with Crippen molar-refractivity contribution in [3.05, 3.63) is 0 Å². The average molecular weight is 254 g/mol. The molecule has 3 aliphatic heterocycles. The van der Waals surface area contributed by atoms with Gasteiger partial charge in [0.25, 0.3) is 0 Å². The maximum Gasteiger partial charge on any atom is 0.323 e. The van der Waals surface area contributed by atoms with Crippen molar-refractivity contribution in [3.8, 4) is 0 Å². The molecule has 0 N–H and O–H groups in total. The Kier molecular flexibility index (Phi) is 2.41. The van der Waals surface area contributed by atoms with Crippen molar-refractivity contribution in [1.29, 1.82) is 0 Å². The molecule has 0 aliphatic carbocycles. The third-order valence-electron chi connectivity index (χ3n) is 3.94. The summed E-state index contributed by atoms with van der Waals surface area (Å²) in [6.45, 7) is 3.82. The molecule has 3 heterocycles. The highest BCUT2D eigenvalue weighted by molar-refractivity contribution is 5.84. The second-order valence-corrected chi connectivity index (χ2v) is 5.01. The van der Waals surface area contributed by atoms with Crippen LogP contribution in [0.4, 0.5) is 9.59 Å². The van der Waals surface area contributed by atoms with E-state index in [4.69, 9.17) is 4.74 Å². The molecular formula is C11H18N4O3. The van der Waals surface area contributed by atoms with Crippen LogP contribution in [0, 0.1) is 0 Å². The van der Waals surface area contributed by atoms with E-state index in [0.29, 0.717) is 19.7 Å². The van der Waals surface area contributed by atoms with Gasteiger partial charge in [0, 0.05) is 20.6 Å². The lowest BCUT2D eigenvalue weighted by atomic mass is 10.3. The predicted molar refractivity (Wildman–Crippen MR) is 62.7 cm³/mol. The fourth-order valence-electron chi connectivity index (χ4n) is 2.91. The summed E-state index contributed by atoms with van der Waals surface area (Å²) in [6.07, 6.45) is -0.237. The van der Waals surface area contributed by atoms with Crippen LogP contribution in [0.2, 0.25) is 0 Å². The van der Waals surface area contributed by atoms with E-state index < -0.39 is 0 Å². The molecule has 7 heteroatoms. The molecule has 0 spiro atoms. The van der Waals surface area contributed by atoms with Gasteiger partial charge in [-0.1, -0.05) is 0 Å². The Labute approximate surface area is 106 Å². The molecular weight excluding hydrogens is 236 g/mol.